The van der Waals surface area contributed by atoms with Gasteiger partial charge in [0.05, 0.1) is 12.7 Å². The molecule has 19 heavy (non-hydrogen) atoms. The molecule has 0 atom stereocenters. The average molecular weight is 274 g/mol. The summed E-state index contributed by atoms with van der Waals surface area (Å²) in [5, 5.41) is 0. The topological polar surface area (TPSA) is 44.8 Å². The molecule has 0 fully saturated rings. The number of carbonyl (C=O) groups is 1. The van der Waals surface area contributed by atoms with Crippen molar-refractivity contribution in [2.75, 3.05) is 7.11 Å². The van der Waals surface area contributed by atoms with Crippen LogP contribution in [0.1, 0.15) is 62.3 Å². The Balaban J connectivity index is 5.12. The summed E-state index contributed by atoms with van der Waals surface area (Å²) in [6.45, 7) is 17.9. The van der Waals surface area contributed by atoms with E-state index in [0.717, 1.165) is 0 Å². The Morgan fingerprint density at radius 1 is 0.737 bits per heavy atom. The number of ether oxygens (including phenoxy) is 3. The lowest BCUT2D eigenvalue weighted by Gasteiger charge is -2.49. The van der Waals surface area contributed by atoms with Crippen LogP contribution in [0.2, 0.25) is 0 Å². The normalized spacial score (nSPS) is 14.2. The van der Waals surface area contributed by atoms with E-state index in [1.807, 2.05) is 41.5 Å². The molecule has 0 aromatic rings. The van der Waals surface area contributed by atoms with E-state index < -0.39 is 17.4 Å². The van der Waals surface area contributed by atoms with Gasteiger partial charge in [-0.05, 0) is 47.0 Å². The second-order valence-electron chi connectivity index (χ2n) is 7.44. The summed E-state index contributed by atoms with van der Waals surface area (Å²) >= 11 is 0. The highest BCUT2D eigenvalue weighted by molar-refractivity contribution is 5.60. The minimum absolute atomic E-state index is 0.0361. The second kappa shape index (κ2) is 5.31. The molecule has 0 aromatic carbocycles. The number of methoxy groups -OCH3 is 1. The Kier molecular flexibility index (Phi) is 5.10. The summed E-state index contributed by atoms with van der Waals surface area (Å²) in [6, 6.07) is 0. The molecule has 0 aromatic heterocycles. The molecule has 0 amide bonds. The summed E-state index contributed by atoms with van der Waals surface area (Å²) in [5.41, 5.74) is -1.86. The zero-order chi connectivity index (χ0) is 15.7. The van der Waals surface area contributed by atoms with Crippen molar-refractivity contribution in [2.24, 2.45) is 5.41 Å². The van der Waals surface area contributed by atoms with Gasteiger partial charge in [0.15, 0.2) is 0 Å². The Hall–Kier alpha value is -0.770. The Labute approximate surface area is 117 Å². The highest BCUT2D eigenvalue weighted by Crippen LogP contribution is 2.40. The monoisotopic (exact) mass is 274 g/mol. The van der Waals surface area contributed by atoms with Gasteiger partial charge in [-0.1, -0.05) is 20.8 Å². The fourth-order valence-corrected chi connectivity index (χ4v) is 1.29. The van der Waals surface area contributed by atoms with Crippen molar-refractivity contribution in [1.82, 2.24) is 0 Å². The molecule has 0 saturated carbocycles. The number of hydrogen-bond acceptors (Lipinski definition) is 4. The van der Waals surface area contributed by atoms with Crippen LogP contribution in [-0.2, 0) is 14.2 Å². The van der Waals surface area contributed by atoms with E-state index >= 15 is 0 Å². The van der Waals surface area contributed by atoms with Crippen molar-refractivity contribution >= 4 is 6.16 Å². The van der Waals surface area contributed by atoms with Crippen molar-refractivity contribution < 1.29 is 19.0 Å². The van der Waals surface area contributed by atoms with Crippen LogP contribution < -0.4 is 0 Å². The Morgan fingerprint density at radius 3 is 1.47 bits per heavy atom. The summed E-state index contributed by atoms with van der Waals surface area (Å²) in [5.74, 6) is 0. The molecule has 0 spiro atoms. The molecule has 4 nitrogen and oxygen atoms in total. The van der Waals surface area contributed by atoms with E-state index in [2.05, 4.69) is 25.5 Å². The van der Waals surface area contributed by atoms with Gasteiger partial charge in [-0.3, -0.25) is 0 Å². The summed E-state index contributed by atoms with van der Waals surface area (Å²) in [7, 11) is 1.30. The van der Waals surface area contributed by atoms with Gasteiger partial charge in [0.2, 0.25) is 0 Å². The van der Waals surface area contributed by atoms with Gasteiger partial charge in [0.1, 0.15) is 11.2 Å². The second-order valence-corrected chi connectivity index (χ2v) is 7.44. The number of rotatable bonds is 4. The van der Waals surface area contributed by atoms with Crippen molar-refractivity contribution in [3.63, 3.8) is 0 Å². The lowest BCUT2D eigenvalue weighted by atomic mass is 9.77. The third-order valence-electron chi connectivity index (χ3n) is 4.27. The molecule has 0 saturated heterocycles. The van der Waals surface area contributed by atoms with Gasteiger partial charge in [-0.15, -0.1) is 0 Å². The van der Waals surface area contributed by atoms with Crippen molar-refractivity contribution in [3.05, 3.63) is 0 Å². The van der Waals surface area contributed by atoms with Gasteiger partial charge in [-0.25, -0.2) is 4.79 Å². The molecule has 0 aliphatic carbocycles. The maximum atomic E-state index is 11.3. The van der Waals surface area contributed by atoms with Crippen LogP contribution in [0.15, 0.2) is 0 Å². The molecule has 0 unspecified atom stereocenters. The van der Waals surface area contributed by atoms with E-state index in [1.54, 1.807) is 0 Å². The molecule has 0 bridgehead atoms. The number of carbonyl (C=O) groups excluding carboxylic acids is 1. The zero-order valence-electron chi connectivity index (χ0n) is 14.1. The van der Waals surface area contributed by atoms with E-state index in [-0.39, 0.29) is 11.0 Å². The fraction of sp³-hybridized carbons (Fsp3) is 0.933. The third-order valence-corrected chi connectivity index (χ3v) is 4.27. The minimum atomic E-state index is -0.803. The summed E-state index contributed by atoms with van der Waals surface area (Å²) < 4.78 is 16.2. The summed E-state index contributed by atoms with van der Waals surface area (Å²) in [6.07, 6.45) is -0.699. The molecule has 0 aliphatic heterocycles. The first-order valence-electron chi connectivity index (χ1n) is 6.63. The molecular formula is C15H30O4. The molecule has 114 valence electrons. The van der Waals surface area contributed by atoms with Crippen LogP contribution in [0.3, 0.4) is 0 Å². The first kappa shape index (κ1) is 18.2. The lowest BCUT2D eigenvalue weighted by molar-refractivity contribution is -0.233. The molecule has 0 heterocycles. The SMILES string of the molecule is COC(=O)OC(C)(C)C(C)(C)OC(C)(C)C(C)(C)C. The average Bonchev–Trinajstić information content (AvgIpc) is 2.12. The minimum Gasteiger partial charge on any atom is -0.438 e. The van der Waals surface area contributed by atoms with Crippen LogP contribution in [0.4, 0.5) is 4.79 Å². The van der Waals surface area contributed by atoms with Gasteiger partial charge < -0.3 is 14.2 Å². The van der Waals surface area contributed by atoms with Gasteiger partial charge in [-0.2, -0.15) is 0 Å². The van der Waals surface area contributed by atoms with Crippen molar-refractivity contribution in [3.8, 4) is 0 Å². The van der Waals surface area contributed by atoms with Crippen LogP contribution in [-0.4, -0.2) is 30.1 Å². The smallest absolute Gasteiger partial charge is 0.438 e. The molecule has 0 radical (unpaired) electrons. The van der Waals surface area contributed by atoms with Crippen LogP contribution in [0.25, 0.3) is 0 Å². The molecule has 0 N–H and O–H groups in total. The third kappa shape index (κ3) is 4.37. The van der Waals surface area contributed by atoms with E-state index in [9.17, 15) is 4.79 Å². The van der Waals surface area contributed by atoms with Crippen LogP contribution in [0, 0.1) is 5.41 Å². The molecule has 0 aliphatic rings. The lowest BCUT2D eigenvalue weighted by Crippen LogP contribution is -2.56. The van der Waals surface area contributed by atoms with Gasteiger partial charge in [0.25, 0.3) is 0 Å². The van der Waals surface area contributed by atoms with Gasteiger partial charge >= 0.3 is 6.16 Å². The van der Waals surface area contributed by atoms with E-state index in [4.69, 9.17) is 9.47 Å². The van der Waals surface area contributed by atoms with Crippen LogP contribution in [0.5, 0.6) is 0 Å². The van der Waals surface area contributed by atoms with Gasteiger partial charge in [0, 0.05) is 0 Å². The van der Waals surface area contributed by atoms with Crippen molar-refractivity contribution in [1.29, 1.82) is 0 Å². The first-order chi connectivity index (χ1) is 8.16. The van der Waals surface area contributed by atoms with Crippen LogP contribution >= 0.6 is 0 Å². The molecular weight excluding hydrogens is 244 g/mol. The molecule has 0 rings (SSSR count). The maximum absolute atomic E-state index is 11.3. The predicted octanol–water partition coefficient (Wildman–Crippen LogP) is 4.17. The van der Waals surface area contributed by atoms with E-state index in [1.165, 1.54) is 7.11 Å². The number of hydrogen-bond donors (Lipinski definition) is 0. The Bertz CT molecular complexity index is 322. The quantitative estimate of drug-likeness (QED) is 0.722. The highest BCUT2D eigenvalue weighted by atomic mass is 16.7. The predicted molar refractivity (Wildman–Crippen MR) is 76.3 cm³/mol. The molecule has 4 heteroatoms. The fourth-order valence-electron chi connectivity index (χ4n) is 1.29. The summed E-state index contributed by atoms with van der Waals surface area (Å²) in [4.78, 5) is 11.3. The van der Waals surface area contributed by atoms with E-state index in [0.29, 0.717) is 0 Å². The largest absolute Gasteiger partial charge is 0.508 e. The Morgan fingerprint density at radius 2 is 1.16 bits per heavy atom. The zero-order valence-corrected chi connectivity index (χ0v) is 14.1. The standard InChI is InChI=1S/C15H30O4/c1-12(2,3)13(4,5)19-15(8,9)14(6,7)18-11(16)17-10/h1-10H3. The van der Waals surface area contributed by atoms with Crippen molar-refractivity contribution in [2.45, 2.75) is 79.1 Å². The first-order valence-corrected chi connectivity index (χ1v) is 6.63. The maximum Gasteiger partial charge on any atom is 0.508 e. The highest BCUT2D eigenvalue weighted by Gasteiger charge is 2.48.